The molecule has 1 N–H and O–H groups in total. The molecule has 0 heterocycles. The van der Waals surface area contributed by atoms with E-state index >= 15 is 0 Å². The zero-order chi connectivity index (χ0) is 9.73. The molecule has 0 aromatic heterocycles. The Labute approximate surface area is 81.3 Å². The second kappa shape index (κ2) is 4.97. The van der Waals surface area contributed by atoms with Crippen LogP contribution in [0.2, 0.25) is 0 Å². The SMILES string of the molecule is CC(C)(CO)COC1CCCCC1. The first kappa shape index (κ1) is 11.0. The van der Waals surface area contributed by atoms with Gasteiger partial charge in [0.2, 0.25) is 0 Å². The Balaban J connectivity index is 2.17. The van der Waals surface area contributed by atoms with Gasteiger partial charge in [-0.25, -0.2) is 0 Å². The van der Waals surface area contributed by atoms with Gasteiger partial charge in [0.05, 0.1) is 19.3 Å². The third-order valence-electron chi connectivity index (χ3n) is 2.69. The number of aliphatic hydroxyl groups is 1. The van der Waals surface area contributed by atoms with E-state index in [0.29, 0.717) is 12.7 Å². The normalized spacial score (nSPS) is 20.5. The van der Waals surface area contributed by atoms with Crippen LogP contribution in [0, 0.1) is 5.41 Å². The van der Waals surface area contributed by atoms with Crippen molar-refractivity contribution in [3.63, 3.8) is 0 Å². The molecule has 1 aliphatic carbocycles. The maximum atomic E-state index is 9.04. The molecule has 0 unspecified atom stereocenters. The summed E-state index contributed by atoms with van der Waals surface area (Å²) in [6.07, 6.45) is 6.86. The molecule has 78 valence electrons. The lowest BCUT2D eigenvalue weighted by molar-refractivity contribution is -0.0311. The quantitative estimate of drug-likeness (QED) is 0.730. The second-order valence-corrected chi connectivity index (χ2v) is 4.89. The monoisotopic (exact) mass is 186 g/mol. The predicted molar refractivity (Wildman–Crippen MR) is 53.7 cm³/mol. The molecule has 0 atom stereocenters. The van der Waals surface area contributed by atoms with Gasteiger partial charge in [0, 0.05) is 5.41 Å². The first-order chi connectivity index (χ1) is 6.14. The molecule has 1 rings (SSSR count). The molecule has 1 aliphatic rings. The summed E-state index contributed by atoms with van der Waals surface area (Å²) < 4.78 is 5.78. The van der Waals surface area contributed by atoms with Crippen LogP contribution in [-0.2, 0) is 4.74 Å². The highest BCUT2D eigenvalue weighted by Gasteiger charge is 2.20. The number of aliphatic hydroxyl groups excluding tert-OH is 1. The standard InChI is InChI=1S/C11H22O2/c1-11(2,8-12)9-13-10-6-4-3-5-7-10/h10,12H,3-9H2,1-2H3. The number of rotatable bonds is 4. The molecule has 2 nitrogen and oxygen atoms in total. The minimum atomic E-state index is -0.0720. The van der Waals surface area contributed by atoms with Crippen molar-refractivity contribution in [1.82, 2.24) is 0 Å². The summed E-state index contributed by atoms with van der Waals surface area (Å²) in [7, 11) is 0. The van der Waals surface area contributed by atoms with Crippen LogP contribution in [0.1, 0.15) is 46.0 Å². The van der Waals surface area contributed by atoms with Gasteiger partial charge < -0.3 is 9.84 Å². The van der Waals surface area contributed by atoms with E-state index in [0.717, 1.165) is 0 Å². The van der Waals surface area contributed by atoms with E-state index in [1.165, 1.54) is 32.1 Å². The van der Waals surface area contributed by atoms with Crippen LogP contribution in [0.3, 0.4) is 0 Å². The van der Waals surface area contributed by atoms with Gasteiger partial charge in [-0.05, 0) is 12.8 Å². The van der Waals surface area contributed by atoms with Crippen molar-refractivity contribution in [2.24, 2.45) is 5.41 Å². The van der Waals surface area contributed by atoms with Gasteiger partial charge in [-0.1, -0.05) is 33.1 Å². The second-order valence-electron chi connectivity index (χ2n) is 4.89. The third-order valence-corrected chi connectivity index (χ3v) is 2.69. The number of hydrogen-bond donors (Lipinski definition) is 1. The number of hydrogen-bond acceptors (Lipinski definition) is 2. The Bertz CT molecular complexity index is 137. The molecule has 0 radical (unpaired) electrons. The van der Waals surface area contributed by atoms with Crippen molar-refractivity contribution in [2.75, 3.05) is 13.2 Å². The van der Waals surface area contributed by atoms with Crippen molar-refractivity contribution in [1.29, 1.82) is 0 Å². The van der Waals surface area contributed by atoms with Gasteiger partial charge in [-0.15, -0.1) is 0 Å². The highest BCUT2D eigenvalue weighted by atomic mass is 16.5. The summed E-state index contributed by atoms with van der Waals surface area (Å²) in [6.45, 7) is 4.97. The van der Waals surface area contributed by atoms with Crippen molar-refractivity contribution in [2.45, 2.75) is 52.1 Å². The Morgan fingerprint density at radius 2 is 1.85 bits per heavy atom. The van der Waals surface area contributed by atoms with Crippen LogP contribution in [-0.4, -0.2) is 24.4 Å². The maximum Gasteiger partial charge on any atom is 0.0575 e. The van der Waals surface area contributed by atoms with E-state index in [1.54, 1.807) is 0 Å². The van der Waals surface area contributed by atoms with Gasteiger partial charge in [0.1, 0.15) is 0 Å². The summed E-state index contributed by atoms with van der Waals surface area (Å²) in [4.78, 5) is 0. The van der Waals surface area contributed by atoms with Crippen molar-refractivity contribution in [3.8, 4) is 0 Å². The van der Waals surface area contributed by atoms with Crippen molar-refractivity contribution >= 4 is 0 Å². The Hall–Kier alpha value is -0.0800. The molecule has 0 amide bonds. The van der Waals surface area contributed by atoms with Gasteiger partial charge in [0.25, 0.3) is 0 Å². The summed E-state index contributed by atoms with van der Waals surface area (Å²) in [5.74, 6) is 0. The highest BCUT2D eigenvalue weighted by molar-refractivity contribution is 4.70. The van der Waals surface area contributed by atoms with E-state index in [9.17, 15) is 0 Å². The smallest absolute Gasteiger partial charge is 0.0575 e. The Morgan fingerprint density at radius 3 is 2.38 bits per heavy atom. The molecule has 1 fully saturated rings. The topological polar surface area (TPSA) is 29.5 Å². The van der Waals surface area contributed by atoms with Gasteiger partial charge in [0.15, 0.2) is 0 Å². The zero-order valence-electron chi connectivity index (χ0n) is 8.88. The third kappa shape index (κ3) is 4.10. The number of ether oxygens (including phenoxy) is 1. The van der Waals surface area contributed by atoms with Crippen LogP contribution in [0.25, 0.3) is 0 Å². The van der Waals surface area contributed by atoms with Gasteiger partial charge >= 0.3 is 0 Å². The largest absolute Gasteiger partial charge is 0.396 e. The Kier molecular flexibility index (Phi) is 4.20. The molecule has 0 saturated heterocycles. The predicted octanol–water partition coefficient (Wildman–Crippen LogP) is 2.35. The summed E-state index contributed by atoms with van der Waals surface area (Å²) in [5.41, 5.74) is -0.0720. The molecule has 13 heavy (non-hydrogen) atoms. The molecule has 2 heteroatoms. The van der Waals surface area contributed by atoms with Crippen LogP contribution in [0.15, 0.2) is 0 Å². The molecule has 1 saturated carbocycles. The average Bonchev–Trinajstić information content (AvgIpc) is 2.17. The van der Waals surface area contributed by atoms with E-state index in [1.807, 2.05) is 13.8 Å². The van der Waals surface area contributed by atoms with Crippen LogP contribution in [0.4, 0.5) is 0 Å². The first-order valence-corrected chi connectivity index (χ1v) is 5.36. The van der Waals surface area contributed by atoms with Crippen molar-refractivity contribution in [3.05, 3.63) is 0 Å². The molecular formula is C11H22O2. The van der Waals surface area contributed by atoms with Crippen LogP contribution < -0.4 is 0 Å². The first-order valence-electron chi connectivity index (χ1n) is 5.36. The fourth-order valence-corrected chi connectivity index (χ4v) is 1.62. The molecular weight excluding hydrogens is 164 g/mol. The van der Waals surface area contributed by atoms with Gasteiger partial charge in [-0.2, -0.15) is 0 Å². The molecule has 0 aromatic carbocycles. The van der Waals surface area contributed by atoms with Gasteiger partial charge in [-0.3, -0.25) is 0 Å². The maximum absolute atomic E-state index is 9.04. The lowest BCUT2D eigenvalue weighted by Crippen LogP contribution is -2.28. The zero-order valence-corrected chi connectivity index (χ0v) is 8.88. The summed E-state index contributed by atoms with van der Waals surface area (Å²) >= 11 is 0. The molecule has 0 aliphatic heterocycles. The minimum absolute atomic E-state index is 0.0720. The molecule has 0 spiro atoms. The van der Waals surface area contributed by atoms with E-state index in [4.69, 9.17) is 9.84 Å². The summed E-state index contributed by atoms with van der Waals surface area (Å²) in [6, 6.07) is 0. The van der Waals surface area contributed by atoms with E-state index in [-0.39, 0.29) is 12.0 Å². The minimum Gasteiger partial charge on any atom is -0.396 e. The highest BCUT2D eigenvalue weighted by Crippen LogP contribution is 2.23. The van der Waals surface area contributed by atoms with Crippen LogP contribution in [0.5, 0.6) is 0 Å². The van der Waals surface area contributed by atoms with Crippen molar-refractivity contribution < 1.29 is 9.84 Å². The average molecular weight is 186 g/mol. The van der Waals surface area contributed by atoms with E-state index < -0.39 is 0 Å². The van der Waals surface area contributed by atoms with E-state index in [2.05, 4.69) is 0 Å². The fourth-order valence-electron chi connectivity index (χ4n) is 1.62. The molecule has 0 bridgehead atoms. The fraction of sp³-hybridized carbons (Fsp3) is 1.00. The molecule has 0 aromatic rings. The van der Waals surface area contributed by atoms with Crippen LogP contribution >= 0.6 is 0 Å². The summed E-state index contributed by atoms with van der Waals surface area (Å²) in [5, 5.41) is 9.04. The lowest BCUT2D eigenvalue weighted by atomic mass is 9.95. The lowest BCUT2D eigenvalue weighted by Gasteiger charge is -2.27. The Morgan fingerprint density at radius 1 is 1.23 bits per heavy atom.